The molecular weight excluding hydrogens is 297 g/mol. The Kier molecular flexibility index (Phi) is 5.20. The highest BCUT2D eigenvalue weighted by atomic mass is 35.5. The van der Waals surface area contributed by atoms with E-state index in [4.69, 9.17) is 35.4 Å². The number of hydrogen-bond donors (Lipinski definition) is 1. The van der Waals surface area contributed by atoms with Gasteiger partial charge in [0.05, 0.1) is 4.99 Å². The number of thiocarbonyl (C=S) groups is 1. The third-order valence-electron chi connectivity index (χ3n) is 2.70. The van der Waals surface area contributed by atoms with Crippen molar-refractivity contribution < 1.29 is 0 Å². The third kappa shape index (κ3) is 4.50. The van der Waals surface area contributed by atoms with E-state index in [1.54, 1.807) is 6.07 Å². The first-order valence-electron chi connectivity index (χ1n) is 5.90. The maximum Gasteiger partial charge on any atom is 0.0801 e. The van der Waals surface area contributed by atoms with E-state index in [1.807, 2.05) is 30.3 Å². The van der Waals surface area contributed by atoms with Gasteiger partial charge in [0, 0.05) is 23.0 Å². The summed E-state index contributed by atoms with van der Waals surface area (Å²) in [6.07, 6.45) is 0.623. The molecule has 0 aliphatic heterocycles. The van der Waals surface area contributed by atoms with Gasteiger partial charge < -0.3 is 5.32 Å². The predicted molar refractivity (Wildman–Crippen MR) is 86.0 cm³/mol. The summed E-state index contributed by atoms with van der Waals surface area (Å²) in [4.78, 5) is 0.771. The zero-order valence-corrected chi connectivity index (χ0v) is 12.5. The summed E-state index contributed by atoms with van der Waals surface area (Å²) < 4.78 is 0. The van der Waals surface area contributed by atoms with Gasteiger partial charge >= 0.3 is 0 Å². The van der Waals surface area contributed by atoms with E-state index in [-0.39, 0.29) is 0 Å². The molecule has 1 nitrogen and oxygen atoms in total. The maximum absolute atomic E-state index is 6.12. The highest BCUT2D eigenvalue weighted by Crippen LogP contribution is 2.21. The fourth-order valence-corrected chi connectivity index (χ4v) is 2.40. The van der Waals surface area contributed by atoms with Crippen LogP contribution in [0.2, 0.25) is 10.0 Å². The van der Waals surface area contributed by atoms with Gasteiger partial charge in [-0.2, -0.15) is 0 Å². The van der Waals surface area contributed by atoms with Crippen molar-refractivity contribution in [3.8, 4) is 0 Å². The molecule has 0 aliphatic carbocycles. The zero-order valence-electron chi connectivity index (χ0n) is 10.2. The van der Waals surface area contributed by atoms with E-state index in [0.717, 1.165) is 17.1 Å². The highest BCUT2D eigenvalue weighted by Gasteiger charge is 2.04. The Morgan fingerprint density at radius 2 is 1.79 bits per heavy atom. The minimum absolute atomic E-state index is 0.623. The lowest BCUT2D eigenvalue weighted by Gasteiger charge is -2.09. The fourth-order valence-electron chi connectivity index (χ4n) is 1.70. The molecule has 0 unspecified atom stereocenters. The van der Waals surface area contributed by atoms with Crippen LogP contribution in [0.5, 0.6) is 0 Å². The molecular formula is C15H13Cl2NS. The second-order valence-corrected chi connectivity index (χ2v) is 5.51. The van der Waals surface area contributed by atoms with Crippen molar-refractivity contribution in [3.63, 3.8) is 0 Å². The number of benzene rings is 2. The summed E-state index contributed by atoms with van der Waals surface area (Å²) >= 11 is 17.3. The van der Waals surface area contributed by atoms with Crippen molar-refractivity contribution in [1.29, 1.82) is 0 Å². The number of rotatable bonds is 4. The predicted octanol–water partition coefficient (Wildman–Crippen LogP) is 4.65. The fraction of sp³-hybridized carbons (Fsp3) is 0.133. The molecule has 19 heavy (non-hydrogen) atoms. The topological polar surface area (TPSA) is 12.0 Å². The van der Waals surface area contributed by atoms with Crippen LogP contribution in [0, 0.1) is 0 Å². The quantitative estimate of drug-likeness (QED) is 0.825. The molecule has 0 saturated heterocycles. The van der Waals surface area contributed by atoms with Gasteiger partial charge in [-0.1, -0.05) is 71.8 Å². The van der Waals surface area contributed by atoms with Gasteiger partial charge in [-0.3, -0.25) is 0 Å². The number of halogens is 2. The minimum atomic E-state index is 0.623. The molecule has 2 rings (SSSR count). The van der Waals surface area contributed by atoms with Crippen molar-refractivity contribution in [1.82, 2.24) is 5.32 Å². The lowest BCUT2D eigenvalue weighted by atomic mass is 10.1. The molecule has 0 bridgehead atoms. The van der Waals surface area contributed by atoms with Crippen LogP contribution >= 0.6 is 35.4 Å². The highest BCUT2D eigenvalue weighted by molar-refractivity contribution is 7.80. The standard InChI is InChI=1S/C15H13Cl2NS/c16-13-7-6-12(14(17)9-13)8-15(19)18-10-11-4-2-1-3-5-11/h1-7,9H,8,10H2,(H,18,19). The van der Waals surface area contributed by atoms with Crippen LogP contribution in [0.25, 0.3) is 0 Å². The van der Waals surface area contributed by atoms with Crippen LogP contribution in [0.3, 0.4) is 0 Å². The maximum atomic E-state index is 6.12. The molecule has 4 heteroatoms. The Labute approximate surface area is 128 Å². The Hall–Kier alpha value is -1.09. The summed E-state index contributed by atoms with van der Waals surface area (Å²) in [6.45, 7) is 0.727. The number of nitrogens with one attached hydrogen (secondary N) is 1. The van der Waals surface area contributed by atoms with Gasteiger partial charge in [0.2, 0.25) is 0 Å². The van der Waals surface area contributed by atoms with Crippen LogP contribution < -0.4 is 5.32 Å². The first-order chi connectivity index (χ1) is 9.15. The average molecular weight is 310 g/mol. The third-order valence-corrected chi connectivity index (χ3v) is 3.57. The average Bonchev–Trinajstić information content (AvgIpc) is 2.41. The summed E-state index contributed by atoms with van der Waals surface area (Å²) in [5.41, 5.74) is 2.18. The van der Waals surface area contributed by atoms with E-state index in [1.165, 1.54) is 5.56 Å². The van der Waals surface area contributed by atoms with Crippen molar-refractivity contribution in [2.75, 3.05) is 0 Å². The molecule has 0 atom stereocenters. The summed E-state index contributed by atoms with van der Waals surface area (Å²) in [5, 5.41) is 4.51. The molecule has 1 N–H and O–H groups in total. The lowest BCUT2D eigenvalue weighted by molar-refractivity contribution is 0.912. The van der Waals surface area contributed by atoms with Gasteiger partial charge in [-0.25, -0.2) is 0 Å². The molecule has 0 radical (unpaired) electrons. The van der Waals surface area contributed by atoms with E-state index < -0.39 is 0 Å². The van der Waals surface area contributed by atoms with Crippen molar-refractivity contribution in [3.05, 3.63) is 69.7 Å². The van der Waals surface area contributed by atoms with Gasteiger partial charge in [-0.15, -0.1) is 0 Å². The first-order valence-corrected chi connectivity index (χ1v) is 7.06. The summed E-state index contributed by atoms with van der Waals surface area (Å²) in [6, 6.07) is 15.6. The molecule has 2 aromatic carbocycles. The van der Waals surface area contributed by atoms with E-state index in [9.17, 15) is 0 Å². The Morgan fingerprint density at radius 1 is 1.05 bits per heavy atom. The minimum Gasteiger partial charge on any atom is -0.375 e. The van der Waals surface area contributed by atoms with E-state index in [2.05, 4.69) is 17.4 Å². The molecule has 0 heterocycles. The van der Waals surface area contributed by atoms with Crippen molar-refractivity contribution in [2.24, 2.45) is 0 Å². The van der Waals surface area contributed by atoms with E-state index >= 15 is 0 Å². The van der Waals surface area contributed by atoms with Gasteiger partial charge in [0.25, 0.3) is 0 Å². The molecule has 0 aromatic heterocycles. The summed E-state index contributed by atoms with van der Waals surface area (Å²) in [7, 11) is 0. The largest absolute Gasteiger partial charge is 0.375 e. The van der Waals surface area contributed by atoms with Crippen molar-refractivity contribution in [2.45, 2.75) is 13.0 Å². The molecule has 98 valence electrons. The lowest BCUT2D eigenvalue weighted by Crippen LogP contribution is -2.22. The second kappa shape index (κ2) is 6.90. The van der Waals surface area contributed by atoms with E-state index in [0.29, 0.717) is 16.5 Å². The monoisotopic (exact) mass is 309 g/mol. The van der Waals surface area contributed by atoms with Crippen LogP contribution in [0.4, 0.5) is 0 Å². The van der Waals surface area contributed by atoms with Gasteiger partial charge in [0.1, 0.15) is 0 Å². The molecule has 0 fully saturated rings. The Morgan fingerprint density at radius 3 is 2.47 bits per heavy atom. The molecule has 0 saturated carbocycles. The summed E-state index contributed by atoms with van der Waals surface area (Å²) in [5.74, 6) is 0. The van der Waals surface area contributed by atoms with Crippen LogP contribution in [-0.2, 0) is 13.0 Å². The van der Waals surface area contributed by atoms with Crippen molar-refractivity contribution >= 4 is 40.4 Å². The van der Waals surface area contributed by atoms with Crippen LogP contribution in [-0.4, -0.2) is 4.99 Å². The molecule has 0 spiro atoms. The van der Waals surface area contributed by atoms with Gasteiger partial charge in [0.15, 0.2) is 0 Å². The zero-order chi connectivity index (χ0) is 13.7. The van der Waals surface area contributed by atoms with Gasteiger partial charge in [-0.05, 0) is 23.3 Å². The first kappa shape index (κ1) is 14.3. The second-order valence-electron chi connectivity index (χ2n) is 4.17. The molecule has 2 aromatic rings. The Bertz CT molecular complexity index is 570. The Balaban J connectivity index is 1.91. The smallest absolute Gasteiger partial charge is 0.0801 e. The normalized spacial score (nSPS) is 10.2. The molecule has 0 aliphatic rings. The molecule has 0 amide bonds. The van der Waals surface area contributed by atoms with Crippen LogP contribution in [0.15, 0.2) is 48.5 Å². The number of hydrogen-bond acceptors (Lipinski definition) is 1. The SMILES string of the molecule is S=C(Cc1ccc(Cl)cc1Cl)NCc1ccccc1. The van der Waals surface area contributed by atoms with Crippen LogP contribution in [0.1, 0.15) is 11.1 Å².